The lowest BCUT2D eigenvalue weighted by molar-refractivity contribution is -0.121. The molecule has 2 amide bonds. The molecule has 1 N–H and O–H groups in total. The Labute approximate surface area is 151 Å². The molecule has 6 heteroatoms. The van der Waals surface area contributed by atoms with Gasteiger partial charge in [0, 0.05) is 23.2 Å². The molecule has 1 aliphatic heterocycles. The van der Waals surface area contributed by atoms with Gasteiger partial charge in [-0.05, 0) is 64.3 Å². The highest BCUT2D eigenvalue weighted by Gasteiger charge is 2.31. The molecule has 0 saturated carbocycles. The number of hydrogen-bond donors (Lipinski definition) is 1. The lowest BCUT2D eigenvalue weighted by Gasteiger charge is -2.33. The number of carbonyl (C=O) groups excluding carboxylic acids is 2. The smallest absolute Gasteiger partial charge is 0.410 e. The van der Waals surface area contributed by atoms with E-state index in [-0.39, 0.29) is 17.9 Å². The minimum absolute atomic E-state index is 0.0509. The van der Waals surface area contributed by atoms with Crippen molar-refractivity contribution in [3.63, 3.8) is 0 Å². The van der Waals surface area contributed by atoms with E-state index in [1.54, 1.807) is 4.90 Å². The fourth-order valence-corrected chi connectivity index (χ4v) is 2.90. The van der Waals surface area contributed by atoms with Crippen LogP contribution in [0.2, 0.25) is 0 Å². The minimum Gasteiger partial charge on any atom is -0.444 e. The zero-order valence-corrected chi connectivity index (χ0v) is 16.3. The number of hydrogen-bond acceptors (Lipinski definition) is 3. The molecule has 1 unspecified atom stereocenters. The first kappa shape index (κ1) is 18.8. The number of anilines is 1. The van der Waals surface area contributed by atoms with E-state index in [2.05, 4.69) is 21.2 Å². The highest BCUT2D eigenvalue weighted by atomic mass is 79.9. The van der Waals surface area contributed by atoms with Crippen LogP contribution in [0, 0.1) is 12.8 Å². The summed E-state index contributed by atoms with van der Waals surface area (Å²) in [4.78, 5) is 26.3. The molecule has 1 saturated heterocycles. The first-order chi connectivity index (χ1) is 11.2. The van der Waals surface area contributed by atoms with Gasteiger partial charge in [-0.2, -0.15) is 0 Å². The molecule has 1 heterocycles. The van der Waals surface area contributed by atoms with Gasteiger partial charge in [-0.25, -0.2) is 4.79 Å². The molecule has 1 aromatic carbocycles. The maximum Gasteiger partial charge on any atom is 0.410 e. The Kier molecular flexibility index (Phi) is 5.91. The molecule has 1 atom stereocenters. The Bertz CT molecular complexity index is 625. The van der Waals surface area contributed by atoms with Crippen molar-refractivity contribution < 1.29 is 14.3 Å². The molecule has 1 fully saturated rings. The number of benzene rings is 1. The molecular weight excluding hydrogens is 372 g/mol. The van der Waals surface area contributed by atoms with Gasteiger partial charge in [0.1, 0.15) is 5.60 Å². The summed E-state index contributed by atoms with van der Waals surface area (Å²) in [6.45, 7) is 8.54. The van der Waals surface area contributed by atoms with E-state index in [9.17, 15) is 9.59 Å². The van der Waals surface area contributed by atoms with E-state index < -0.39 is 5.60 Å². The van der Waals surface area contributed by atoms with Crippen LogP contribution >= 0.6 is 15.9 Å². The van der Waals surface area contributed by atoms with Gasteiger partial charge >= 0.3 is 6.09 Å². The van der Waals surface area contributed by atoms with Gasteiger partial charge in [-0.15, -0.1) is 0 Å². The van der Waals surface area contributed by atoms with Crippen LogP contribution in [0.3, 0.4) is 0 Å². The maximum absolute atomic E-state index is 12.5. The van der Waals surface area contributed by atoms with E-state index >= 15 is 0 Å². The molecule has 0 bridgehead atoms. The van der Waals surface area contributed by atoms with Crippen molar-refractivity contribution in [2.45, 2.75) is 46.1 Å². The number of rotatable bonds is 2. The lowest BCUT2D eigenvalue weighted by atomic mass is 9.97. The van der Waals surface area contributed by atoms with Crippen molar-refractivity contribution in [1.82, 2.24) is 4.90 Å². The molecule has 0 radical (unpaired) electrons. The number of piperidine rings is 1. The van der Waals surface area contributed by atoms with Gasteiger partial charge in [0.25, 0.3) is 0 Å². The third kappa shape index (κ3) is 5.23. The Hall–Kier alpha value is -1.56. The molecular formula is C18H25BrN2O3. The molecule has 24 heavy (non-hydrogen) atoms. The van der Waals surface area contributed by atoms with Crippen molar-refractivity contribution in [1.29, 1.82) is 0 Å². The predicted octanol–water partition coefficient (Wildman–Crippen LogP) is 4.34. The highest BCUT2D eigenvalue weighted by molar-refractivity contribution is 9.10. The number of carbonyl (C=O) groups is 2. The van der Waals surface area contributed by atoms with E-state index in [4.69, 9.17) is 4.74 Å². The maximum atomic E-state index is 12.5. The van der Waals surface area contributed by atoms with Crippen molar-refractivity contribution >= 4 is 33.6 Å². The van der Waals surface area contributed by atoms with E-state index in [0.717, 1.165) is 28.6 Å². The fourth-order valence-electron chi connectivity index (χ4n) is 2.65. The van der Waals surface area contributed by atoms with Crippen LogP contribution in [0.1, 0.15) is 39.2 Å². The van der Waals surface area contributed by atoms with E-state index in [0.29, 0.717) is 13.1 Å². The van der Waals surface area contributed by atoms with Crippen molar-refractivity contribution in [3.05, 3.63) is 28.2 Å². The SMILES string of the molecule is Cc1cc(NC(=O)C2CCCN(C(=O)OC(C)(C)C)C2)ccc1Br. The first-order valence-corrected chi connectivity index (χ1v) is 9.00. The quantitative estimate of drug-likeness (QED) is 0.808. The molecule has 0 aromatic heterocycles. The van der Waals surface area contributed by atoms with Crippen LogP contribution < -0.4 is 5.32 Å². The summed E-state index contributed by atoms with van der Waals surface area (Å²) in [5.74, 6) is -0.264. The molecule has 0 aliphatic carbocycles. The number of nitrogens with zero attached hydrogens (tertiary/aromatic N) is 1. The zero-order valence-electron chi connectivity index (χ0n) is 14.7. The fraction of sp³-hybridized carbons (Fsp3) is 0.556. The van der Waals surface area contributed by atoms with Crippen LogP contribution in [0.4, 0.5) is 10.5 Å². The Morgan fingerprint density at radius 2 is 2.04 bits per heavy atom. The molecule has 2 rings (SSSR count). The number of halogens is 1. The monoisotopic (exact) mass is 396 g/mol. The average Bonchev–Trinajstić information content (AvgIpc) is 2.49. The summed E-state index contributed by atoms with van der Waals surface area (Å²) in [6.07, 6.45) is 1.23. The summed E-state index contributed by atoms with van der Waals surface area (Å²) < 4.78 is 6.41. The average molecular weight is 397 g/mol. The van der Waals surface area contributed by atoms with Gasteiger partial charge < -0.3 is 15.0 Å². The summed E-state index contributed by atoms with van der Waals surface area (Å²) in [7, 11) is 0. The van der Waals surface area contributed by atoms with Crippen molar-refractivity contribution in [2.75, 3.05) is 18.4 Å². The molecule has 0 spiro atoms. The third-order valence-electron chi connectivity index (χ3n) is 3.87. The standard InChI is InChI=1S/C18H25BrN2O3/c1-12-10-14(7-8-15(12)19)20-16(22)13-6-5-9-21(11-13)17(23)24-18(2,3)4/h7-8,10,13H,5-6,9,11H2,1-4H3,(H,20,22). The highest BCUT2D eigenvalue weighted by Crippen LogP contribution is 2.23. The largest absolute Gasteiger partial charge is 0.444 e. The number of likely N-dealkylation sites (tertiary alicyclic amines) is 1. The Morgan fingerprint density at radius 1 is 1.33 bits per heavy atom. The lowest BCUT2D eigenvalue weighted by Crippen LogP contribution is -2.45. The Morgan fingerprint density at radius 3 is 2.67 bits per heavy atom. The number of ether oxygens (including phenoxy) is 1. The topological polar surface area (TPSA) is 58.6 Å². The summed E-state index contributed by atoms with van der Waals surface area (Å²) in [5.41, 5.74) is 1.31. The first-order valence-electron chi connectivity index (χ1n) is 8.20. The summed E-state index contributed by atoms with van der Waals surface area (Å²) in [6, 6.07) is 5.71. The van der Waals surface area contributed by atoms with Crippen LogP contribution in [0.15, 0.2) is 22.7 Å². The van der Waals surface area contributed by atoms with Gasteiger partial charge in [0.2, 0.25) is 5.91 Å². The number of aryl methyl sites for hydroxylation is 1. The van der Waals surface area contributed by atoms with Crippen LogP contribution in [-0.4, -0.2) is 35.6 Å². The normalized spacial score (nSPS) is 18.2. The number of nitrogens with one attached hydrogen (secondary N) is 1. The minimum atomic E-state index is -0.527. The van der Waals surface area contributed by atoms with Crippen LogP contribution in [0.5, 0.6) is 0 Å². The molecule has 1 aliphatic rings. The van der Waals surface area contributed by atoms with Crippen molar-refractivity contribution in [2.24, 2.45) is 5.92 Å². The van der Waals surface area contributed by atoms with E-state index in [1.807, 2.05) is 45.9 Å². The van der Waals surface area contributed by atoms with E-state index in [1.165, 1.54) is 0 Å². The van der Waals surface area contributed by atoms with Crippen molar-refractivity contribution in [3.8, 4) is 0 Å². The second kappa shape index (κ2) is 7.55. The Balaban J connectivity index is 1.97. The van der Waals surface area contributed by atoms with Gasteiger partial charge in [-0.3, -0.25) is 4.79 Å². The second-order valence-electron chi connectivity index (χ2n) is 7.22. The van der Waals surface area contributed by atoms with Crippen LogP contribution in [-0.2, 0) is 9.53 Å². The third-order valence-corrected chi connectivity index (χ3v) is 4.76. The molecule has 1 aromatic rings. The predicted molar refractivity (Wildman–Crippen MR) is 98.0 cm³/mol. The van der Waals surface area contributed by atoms with Crippen LogP contribution in [0.25, 0.3) is 0 Å². The molecule has 132 valence electrons. The van der Waals surface area contributed by atoms with Gasteiger partial charge in [-0.1, -0.05) is 15.9 Å². The zero-order chi connectivity index (χ0) is 17.9. The summed E-state index contributed by atoms with van der Waals surface area (Å²) >= 11 is 3.45. The van der Waals surface area contributed by atoms with Gasteiger partial charge in [0.15, 0.2) is 0 Å². The summed E-state index contributed by atoms with van der Waals surface area (Å²) in [5, 5.41) is 2.95. The second-order valence-corrected chi connectivity index (χ2v) is 8.07. The van der Waals surface area contributed by atoms with Gasteiger partial charge in [0.05, 0.1) is 5.92 Å². The number of amides is 2. The molecule has 5 nitrogen and oxygen atoms in total.